The third-order valence-electron chi connectivity index (χ3n) is 2.39. The third kappa shape index (κ3) is 24.1. The summed E-state index contributed by atoms with van der Waals surface area (Å²) in [6.45, 7) is 2.02. The van der Waals surface area contributed by atoms with Crippen LogP contribution in [0.15, 0.2) is 0 Å². The molecule has 0 heterocycles. The summed E-state index contributed by atoms with van der Waals surface area (Å²) in [6, 6.07) is -2.74. The molecule has 148 valence electrons. The van der Waals surface area contributed by atoms with E-state index in [4.69, 9.17) is 43.4 Å². The van der Waals surface area contributed by atoms with Gasteiger partial charge in [-0.3, -0.25) is 19.2 Å². The van der Waals surface area contributed by atoms with Crippen LogP contribution in [-0.2, 0) is 19.2 Å². The van der Waals surface area contributed by atoms with Gasteiger partial charge in [0.2, 0.25) is 0 Å². The molecule has 0 amide bonds. The fourth-order valence-corrected chi connectivity index (χ4v) is 0.908. The SMILES string of the molecule is CC(N)C(=O)O.NC(CC(=O)O)C(=O)O.NCCCCC(N)C(=O)O. The van der Waals surface area contributed by atoms with Crippen molar-refractivity contribution in [3.63, 3.8) is 0 Å². The Morgan fingerprint density at radius 2 is 1.20 bits per heavy atom. The first-order valence-corrected chi connectivity index (χ1v) is 7.23. The molecule has 0 saturated carbocycles. The number of nitrogens with two attached hydrogens (primary N) is 4. The predicted octanol–water partition coefficient (Wildman–Crippen LogP) is -2.18. The molecule has 0 radical (unpaired) electrons. The minimum atomic E-state index is -1.29. The lowest BCUT2D eigenvalue weighted by Gasteiger charge is -2.03. The summed E-state index contributed by atoms with van der Waals surface area (Å²) in [5.74, 6) is -4.39. The van der Waals surface area contributed by atoms with E-state index < -0.39 is 48.4 Å². The second kappa shape index (κ2) is 16.6. The van der Waals surface area contributed by atoms with E-state index in [-0.39, 0.29) is 0 Å². The maximum Gasteiger partial charge on any atom is 0.321 e. The molecule has 0 aromatic rings. The zero-order valence-corrected chi connectivity index (χ0v) is 14.0. The van der Waals surface area contributed by atoms with Gasteiger partial charge in [0.15, 0.2) is 0 Å². The smallest absolute Gasteiger partial charge is 0.321 e. The van der Waals surface area contributed by atoms with Gasteiger partial charge in [0.05, 0.1) is 6.42 Å². The topological polar surface area (TPSA) is 253 Å². The van der Waals surface area contributed by atoms with Gasteiger partial charge in [0.1, 0.15) is 18.1 Å². The van der Waals surface area contributed by atoms with Crippen molar-refractivity contribution in [2.24, 2.45) is 22.9 Å². The van der Waals surface area contributed by atoms with Crippen molar-refractivity contribution in [1.29, 1.82) is 0 Å². The molecule has 3 atom stereocenters. The van der Waals surface area contributed by atoms with Crippen molar-refractivity contribution in [3.05, 3.63) is 0 Å². The number of aliphatic carboxylic acids is 4. The van der Waals surface area contributed by atoms with Crippen molar-refractivity contribution in [1.82, 2.24) is 0 Å². The summed E-state index contributed by atoms with van der Waals surface area (Å²) in [4.78, 5) is 39.3. The predicted molar refractivity (Wildman–Crippen MR) is 87.7 cm³/mol. The van der Waals surface area contributed by atoms with E-state index in [1.54, 1.807) is 0 Å². The average molecular weight is 368 g/mol. The molecule has 0 fully saturated rings. The molecule has 12 heteroatoms. The number of unbranched alkanes of at least 4 members (excludes halogenated alkanes) is 1. The van der Waals surface area contributed by atoms with Gasteiger partial charge in [0, 0.05) is 0 Å². The lowest BCUT2D eigenvalue weighted by molar-refractivity contribution is -0.144. The number of carbonyl (C=O) groups is 4. The highest BCUT2D eigenvalue weighted by Crippen LogP contribution is 1.96. The highest BCUT2D eigenvalue weighted by molar-refractivity contribution is 5.80. The molecule has 0 aromatic heterocycles. The van der Waals surface area contributed by atoms with Gasteiger partial charge < -0.3 is 43.4 Å². The van der Waals surface area contributed by atoms with Gasteiger partial charge in [0.25, 0.3) is 0 Å². The van der Waals surface area contributed by atoms with Crippen molar-refractivity contribution in [2.45, 2.75) is 50.7 Å². The molecule has 0 saturated heterocycles. The van der Waals surface area contributed by atoms with Crippen LogP contribution in [0.2, 0.25) is 0 Å². The quantitative estimate of drug-likeness (QED) is 0.202. The summed E-state index contributed by atoms with van der Waals surface area (Å²) in [5.41, 5.74) is 20.1. The van der Waals surface area contributed by atoms with E-state index in [0.29, 0.717) is 13.0 Å². The molecule has 0 spiro atoms. The van der Waals surface area contributed by atoms with Gasteiger partial charge >= 0.3 is 23.9 Å². The maximum absolute atomic E-state index is 10.1. The van der Waals surface area contributed by atoms with Crippen LogP contribution >= 0.6 is 0 Å². The van der Waals surface area contributed by atoms with Gasteiger partial charge in [-0.15, -0.1) is 0 Å². The lowest BCUT2D eigenvalue weighted by Crippen LogP contribution is -2.32. The number of hydrogen-bond acceptors (Lipinski definition) is 8. The highest BCUT2D eigenvalue weighted by Gasteiger charge is 2.14. The van der Waals surface area contributed by atoms with Crippen LogP contribution in [0.4, 0.5) is 0 Å². The van der Waals surface area contributed by atoms with Crippen molar-refractivity contribution >= 4 is 23.9 Å². The summed E-state index contributed by atoms with van der Waals surface area (Å²) in [5, 5.41) is 32.2. The Morgan fingerprint density at radius 3 is 1.40 bits per heavy atom. The van der Waals surface area contributed by atoms with E-state index in [0.717, 1.165) is 12.8 Å². The van der Waals surface area contributed by atoms with Crippen LogP contribution in [0.1, 0.15) is 32.6 Å². The third-order valence-corrected chi connectivity index (χ3v) is 2.39. The Bertz CT molecular complexity index is 417. The minimum Gasteiger partial charge on any atom is -0.481 e. The van der Waals surface area contributed by atoms with E-state index in [2.05, 4.69) is 0 Å². The van der Waals surface area contributed by atoms with Crippen molar-refractivity contribution in [3.8, 4) is 0 Å². The molecule has 0 rings (SSSR count). The Balaban J connectivity index is -0.000000300. The van der Waals surface area contributed by atoms with E-state index in [1.807, 2.05) is 0 Å². The summed E-state index contributed by atoms with van der Waals surface area (Å²) in [7, 11) is 0. The molecule has 0 aromatic carbocycles. The molecule has 3 unspecified atom stereocenters. The molecule has 12 nitrogen and oxygen atoms in total. The molecule has 25 heavy (non-hydrogen) atoms. The van der Waals surface area contributed by atoms with Crippen LogP contribution in [0.5, 0.6) is 0 Å². The molecule has 0 bridgehead atoms. The number of hydrogen-bond donors (Lipinski definition) is 8. The van der Waals surface area contributed by atoms with Gasteiger partial charge in [-0.25, -0.2) is 0 Å². The largest absolute Gasteiger partial charge is 0.481 e. The monoisotopic (exact) mass is 368 g/mol. The Hall–Kier alpha value is -2.28. The van der Waals surface area contributed by atoms with E-state index in [9.17, 15) is 19.2 Å². The first-order valence-electron chi connectivity index (χ1n) is 7.23. The second-order valence-electron chi connectivity index (χ2n) is 4.90. The number of rotatable bonds is 9. The van der Waals surface area contributed by atoms with Gasteiger partial charge in [-0.05, 0) is 26.3 Å². The second-order valence-corrected chi connectivity index (χ2v) is 4.90. The standard InChI is InChI=1S/C6H14N2O2.C4H7NO4.C3H7NO2/c7-4-2-1-3-5(8)6(9)10;5-2(4(8)9)1-3(6)7;1-2(4)3(5)6/h5H,1-4,7-8H2,(H,9,10);2H,1,5H2,(H,6,7)(H,8,9);2H,4H2,1H3,(H,5,6). The highest BCUT2D eigenvalue weighted by atomic mass is 16.4. The summed E-state index contributed by atoms with van der Waals surface area (Å²) >= 11 is 0. The molecule has 0 aliphatic rings. The minimum absolute atomic E-state index is 0.520. The Labute approximate surface area is 144 Å². The average Bonchev–Trinajstić information content (AvgIpc) is 2.47. The normalized spacial score (nSPS) is 13.0. The van der Waals surface area contributed by atoms with Crippen LogP contribution < -0.4 is 22.9 Å². The maximum atomic E-state index is 10.1. The van der Waals surface area contributed by atoms with Gasteiger partial charge in [-0.2, -0.15) is 0 Å². The molecular weight excluding hydrogens is 340 g/mol. The molecule has 12 N–H and O–H groups in total. The molecular formula is C13H28N4O8. The van der Waals surface area contributed by atoms with Crippen molar-refractivity contribution < 1.29 is 39.6 Å². The lowest BCUT2D eigenvalue weighted by atomic mass is 10.1. The van der Waals surface area contributed by atoms with E-state index in [1.165, 1.54) is 6.92 Å². The first kappa shape index (κ1) is 27.6. The first-order chi connectivity index (χ1) is 11.4. The van der Waals surface area contributed by atoms with Crippen LogP contribution in [0.3, 0.4) is 0 Å². The van der Waals surface area contributed by atoms with Crippen LogP contribution in [0, 0.1) is 0 Å². The summed E-state index contributed by atoms with van der Waals surface area (Å²) < 4.78 is 0. The Kier molecular flexibility index (Phi) is 18.3. The van der Waals surface area contributed by atoms with Gasteiger partial charge in [-0.1, -0.05) is 6.42 Å². The molecule has 0 aliphatic carbocycles. The fourth-order valence-electron chi connectivity index (χ4n) is 0.908. The van der Waals surface area contributed by atoms with Crippen LogP contribution in [-0.4, -0.2) is 69.0 Å². The zero-order valence-electron chi connectivity index (χ0n) is 14.0. The zero-order chi connectivity index (χ0) is 20.6. The fraction of sp³-hybridized carbons (Fsp3) is 0.692. The molecule has 0 aliphatic heterocycles. The number of carboxylic acids is 4. The Morgan fingerprint density at radius 1 is 0.800 bits per heavy atom. The van der Waals surface area contributed by atoms with E-state index >= 15 is 0 Å². The van der Waals surface area contributed by atoms with Crippen LogP contribution in [0.25, 0.3) is 0 Å². The van der Waals surface area contributed by atoms with Crippen molar-refractivity contribution in [2.75, 3.05) is 6.54 Å². The number of carboxylic acid groups (broad SMARTS) is 4. The summed E-state index contributed by atoms with van der Waals surface area (Å²) in [6.07, 6.45) is 1.63.